The van der Waals surface area contributed by atoms with Crippen LogP contribution in [0.1, 0.15) is 12.5 Å². The molecular weight excluding hydrogens is 374 g/mol. The van der Waals surface area contributed by atoms with E-state index in [0.717, 1.165) is 17.7 Å². The molecule has 0 saturated carbocycles. The summed E-state index contributed by atoms with van der Waals surface area (Å²) >= 11 is 1.34. The average molecular weight is 398 g/mol. The number of para-hydroxylation sites is 1. The largest absolute Gasteiger partial charge is 0.496 e. The molecule has 0 saturated heterocycles. The highest BCUT2D eigenvalue weighted by molar-refractivity contribution is 8.00. The second-order valence-electron chi connectivity index (χ2n) is 6.18. The van der Waals surface area contributed by atoms with Crippen molar-refractivity contribution in [3.63, 3.8) is 0 Å². The van der Waals surface area contributed by atoms with Crippen LogP contribution in [0.15, 0.2) is 59.8 Å². The van der Waals surface area contributed by atoms with Gasteiger partial charge in [-0.15, -0.1) is 10.2 Å². The summed E-state index contributed by atoms with van der Waals surface area (Å²) in [5.41, 5.74) is 2.09. The molecule has 0 amide bonds. The SMILES string of the molecule is COC(=O)C(C)Sc1nnc(-c2ccccc2OC)n1CCc1ccccc1. The Morgan fingerprint density at radius 2 is 1.79 bits per heavy atom. The molecule has 2 aromatic carbocycles. The molecule has 0 spiro atoms. The minimum atomic E-state index is -0.379. The molecule has 7 heteroatoms. The van der Waals surface area contributed by atoms with E-state index in [1.165, 1.54) is 24.4 Å². The Bertz CT molecular complexity index is 928. The van der Waals surface area contributed by atoms with E-state index in [-0.39, 0.29) is 11.2 Å². The first-order valence-electron chi connectivity index (χ1n) is 8.99. The molecule has 0 radical (unpaired) electrons. The van der Waals surface area contributed by atoms with E-state index in [2.05, 4.69) is 22.3 Å². The number of nitrogens with zero attached hydrogens (tertiary/aromatic N) is 3. The Balaban J connectivity index is 1.96. The molecule has 0 aliphatic rings. The topological polar surface area (TPSA) is 66.2 Å². The van der Waals surface area contributed by atoms with Crippen LogP contribution in [0.2, 0.25) is 0 Å². The van der Waals surface area contributed by atoms with E-state index in [4.69, 9.17) is 9.47 Å². The number of hydrogen-bond donors (Lipinski definition) is 0. The minimum absolute atomic E-state index is 0.290. The van der Waals surface area contributed by atoms with Gasteiger partial charge in [0.25, 0.3) is 0 Å². The highest BCUT2D eigenvalue weighted by Crippen LogP contribution is 2.32. The zero-order valence-corrected chi connectivity index (χ0v) is 17.0. The fraction of sp³-hybridized carbons (Fsp3) is 0.286. The van der Waals surface area contributed by atoms with Crippen molar-refractivity contribution >= 4 is 17.7 Å². The number of esters is 1. The Morgan fingerprint density at radius 3 is 2.50 bits per heavy atom. The monoisotopic (exact) mass is 397 g/mol. The molecule has 0 aliphatic carbocycles. The molecule has 1 atom stereocenters. The van der Waals surface area contributed by atoms with Gasteiger partial charge in [0, 0.05) is 6.54 Å². The van der Waals surface area contributed by atoms with Crippen LogP contribution in [-0.2, 0) is 22.5 Å². The lowest BCUT2D eigenvalue weighted by Crippen LogP contribution is -2.16. The molecule has 1 heterocycles. The van der Waals surface area contributed by atoms with Crippen molar-refractivity contribution in [2.24, 2.45) is 0 Å². The summed E-state index contributed by atoms with van der Waals surface area (Å²) in [6.07, 6.45) is 0.821. The lowest BCUT2D eigenvalue weighted by molar-refractivity contribution is -0.139. The minimum Gasteiger partial charge on any atom is -0.496 e. The summed E-state index contributed by atoms with van der Waals surface area (Å²) in [6.45, 7) is 2.48. The van der Waals surface area contributed by atoms with Crippen LogP contribution in [-0.4, -0.2) is 40.2 Å². The zero-order valence-electron chi connectivity index (χ0n) is 16.2. The van der Waals surface area contributed by atoms with Crippen LogP contribution in [0, 0.1) is 0 Å². The Morgan fingerprint density at radius 1 is 1.07 bits per heavy atom. The van der Waals surface area contributed by atoms with Crippen LogP contribution in [0.3, 0.4) is 0 Å². The Hall–Kier alpha value is -2.80. The standard InChI is InChI=1S/C21H23N3O3S/c1-15(20(25)27-3)28-21-23-22-19(17-11-7-8-12-18(17)26-2)24(21)14-13-16-9-5-4-6-10-16/h4-12,15H,13-14H2,1-3H3. The fourth-order valence-corrected chi connectivity index (χ4v) is 3.77. The number of rotatable bonds is 8. The van der Waals surface area contributed by atoms with Crippen molar-refractivity contribution < 1.29 is 14.3 Å². The number of hydrogen-bond acceptors (Lipinski definition) is 6. The molecule has 146 valence electrons. The number of thioether (sulfide) groups is 1. The first-order chi connectivity index (χ1) is 13.6. The number of ether oxygens (including phenoxy) is 2. The lowest BCUT2D eigenvalue weighted by Gasteiger charge is -2.14. The molecular formula is C21H23N3O3S. The van der Waals surface area contributed by atoms with Gasteiger partial charge in [-0.05, 0) is 31.0 Å². The number of carbonyl (C=O) groups excluding carboxylic acids is 1. The quantitative estimate of drug-likeness (QED) is 0.425. The number of methoxy groups -OCH3 is 2. The summed E-state index contributed by atoms with van der Waals surface area (Å²) in [5, 5.41) is 9.05. The summed E-state index contributed by atoms with van der Waals surface area (Å²) < 4.78 is 12.4. The Kier molecular flexibility index (Phi) is 6.71. The van der Waals surface area contributed by atoms with Gasteiger partial charge in [-0.25, -0.2) is 0 Å². The van der Waals surface area contributed by atoms with Gasteiger partial charge in [-0.1, -0.05) is 54.2 Å². The van der Waals surface area contributed by atoms with Crippen molar-refractivity contribution in [3.05, 3.63) is 60.2 Å². The maximum Gasteiger partial charge on any atom is 0.318 e. The third kappa shape index (κ3) is 4.54. The zero-order chi connectivity index (χ0) is 19.9. The van der Waals surface area contributed by atoms with Crippen LogP contribution in [0.4, 0.5) is 0 Å². The van der Waals surface area contributed by atoms with Crippen molar-refractivity contribution in [1.82, 2.24) is 14.8 Å². The first-order valence-corrected chi connectivity index (χ1v) is 9.87. The van der Waals surface area contributed by atoms with E-state index in [1.807, 2.05) is 47.0 Å². The molecule has 0 N–H and O–H groups in total. The average Bonchev–Trinajstić information content (AvgIpc) is 3.14. The summed E-state index contributed by atoms with van der Waals surface area (Å²) in [5.74, 6) is 1.16. The summed E-state index contributed by atoms with van der Waals surface area (Å²) in [6, 6.07) is 18.0. The predicted octanol–water partition coefficient (Wildman–Crippen LogP) is 3.85. The fourth-order valence-electron chi connectivity index (χ4n) is 2.86. The maximum absolute atomic E-state index is 11.9. The molecule has 6 nitrogen and oxygen atoms in total. The maximum atomic E-state index is 11.9. The smallest absolute Gasteiger partial charge is 0.318 e. The second-order valence-corrected chi connectivity index (χ2v) is 7.48. The van der Waals surface area contributed by atoms with E-state index >= 15 is 0 Å². The van der Waals surface area contributed by atoms with Crippen molar-refractivity contribution in [1.29, 1.82) is 0 Å². The number of aryl methyl sites for hydroxylation is 1. The molecule has 3 aromatic rings. The van der Waals surface area contributed by atoms with Crippen molar-refractivity contribution in [2.75, 3.05) is 14.2 Å². The van der Waals surface area contributed by atoms with Gasteiger partial charge in [0.1, 0.15) is 11.0 Å². The van der Waals surface area contributed by atoms with Gasteiger partial charge >= 0.3 is 5.97 Å². The van der Waals surface area contributed by atoms with Gasteiger partial charge in [0.2, 0.25) is 0 Å². The van der Waals surface area contributed by atoms with Crippen LogP contribution in [0.5, 0.6) is 5.75 Å². The number of carbonyl (C=O) groups is 1. The highest BCUT2D eigenvalue weighted by Gasteiger charge is 2.22. The van der Waals surface area contributed by atoms with Gasteiger partial charge < -0.3 is 14.0 Å². The predicted molar refractivity (Wildman–Crippen MR) is 109 cm³/mol. The Labute approximate surface area is 168 Å². The van der Waals surface area contributed by atoms with Gasteiger partial charge in [0.05, 0.1) is 19.8 Å². The number of aromatic nitrogens is 3. The van der Waals surface area contributed by atoms with Gasteiger partial charge in [0.15, 0.2) is 11.0 Å². The molecule has 0 aliphatic heterocycles. The molecule has 1 unspecified atom stereocenters. The molecule has 0 bridgehead atoms. The lowest BCUT2D eigenvalue weighted by atomic mass is 10.1. The van der Waals surface area contributed by atoms with Crippen LogP contribution >= 0.6 is 11.8 Å². The molecule has 1 aromatic heterocycles. The van der Waals surface area contributed by atoms with Crippen LogP contribution < -0.4 is 4.74 Å². The molecule has 0 fully saturated rings. The number of benzene rings is 2. The van der Waals surface area contributed by atoms with Gasteiger partial charge in [-0.2, -0.15) is 0 Å². The highest BCUT2D eigenvalue weighted by atomic mass is 32.2. The van der Waals surface area contributed by atoms with Gasteiger partial charge in [-0.3, -0.25) is 4.79 Å². The van der Waals surface area contributed by atoms with E-state index in [0.29, 0.717) is 17.5 Å². The van der Waals surface area contributed by atoms with E-state index < -0.39 is 0 Å². The van der Waals surface area contributed by atoms with Crippen molar-refractivity contribution in [2.45, 2.75) is 30.3 Å². The van der Waals surface area contributed by atoms with E-state index in [9.17, 15) is 4.79 Å². The summed E-state index contributed by atoms with van der Waals surface area (Å²) in [4.78, 5) is 11.9. The first kappa shape index (κ1) is 19.9. The summed E-state index contributed by atoms with van der Waals surface area (Å²) in [7, 11) is 3.03. The molecule has 28 heavy (non-hydrogen) atoms. The third-order valence-corrected chi connectivity index (χ3v) is 5.41. The normalized spacial score (nSPS) is 11.8. The molecule has 3 rings (SSSR count). The third-order valence-electron chi connectivity index (χ3n) is 4.35. The van der Waals surface area contributed by atoms with Crippen molar-refractivity contribution in [3.8, 4) is 17.1 Å². The van der Waals surface area contributed by atoms with Crippen LogP contribution in [0.25, 0.3) is 11.4 Å². The van der Waals surface area contributed by atoms with E-state index in [1.54, 1.807) is 14.0 Å². The second kappa shape index (κ2) is 9.41.